The van der Waals surface area contributed by atoms with E-state index in [2.05, 4.69) is 70.3 Å². The maximum absolute atomic E-state index is 13.9. The number of para-hydroxylation sites is 2. The molecule has 0 saturated heterocycles. The number of ether oxygens (including phenoxy) is 4. The van der Waals surface area contributed by atoms with Gasteiger partial charge in [0.1, 0.15) is 45.9 Å². The van der Waals surface area contributed by atoms with Crippen molar-refractivity contribution in [2.75, 3.05) is 87.8 Å². The van der Waals surface area contributed by atoms with E-state index in [9.17, 15) is 16.8 Å². The number of rotatable bonds is 30. The number of methoxy groups -OCH3 is 4. The fourth-order valence-electron chi connectivity index (χ4n) is 8.21. The Morgan fingerprint density at radius 1 is 0.562 bits per heavy atom. The van der Waals surface area contributed by atoms with E-state index in [1.807, 2.05) is 39.8 Å². The van der Waals surface area contributed by atoms with E-state index in [0.29, 0.717) is 82.2 Å². The van der Waals surface area contributed by atoms with Gasteiger partial charge in [0, 0.05) is 54.4 Å². The van der Waals surface area contributed by atoms with E-state index < -0.39 is 36.2 Å². The molecule has 2 aromatic carbocycles. The van der Waals surface area contributed by atoms with Crippen molar-refractivity contribution in [3.8, 4) is 57.5 Å². The van der Waals surface area contributed by atoms with Crippen molar-refractivity contribution < 1.29 is 44.6 Å². The van der Waals surface area contributed by atoms with Gasteiger partial charge >= 0.3 is 0 Å². The molecule has 6 aromatic rings. The van der Waals surface area contributed by atoms with Crippen LogP contribution in [-0.4, -0.2) is 154 Å². The molecular formula is C52H86Cl2N12O10S2Si2. The normalized spacial score (nSPS) is 12.6. The Balaban J connectivity index is 0.000000410. The van der Waals surface area contributed by atoms with Gasteiger partial charge in [-0.15, -0.1) is 45.2 Å². The zero-order valence-electron chi connectivity index (χ0n) is 48.9. The maximum atomic E-state index is 13.9. The van der Waals surface area contributed by atoms with E-state index in [0.717, 1.165) is 24.9 Å². The molecule has 0 bridgehead atoms. The minimum atomic E-state index is -3.82. The molecule has 0 spiro atoms. The molecule has 2 atom stereocenters. The number of nitrogens with one attached hydrogen (secondary N) is 2. The highest BCUT2D eigenvalue weighted by Crippen LogP contribution is 2.41. The molecule has 0 fully saturated rings. The number of sulfonamides is 2. The first-order valence-corrected chi connectivity index (χ1v) is 36.8. The summed E-state index contributed by atoms with van der Waals surface area (Å²) >= 11 is 0. The average Bonchev–Trinajstić information content (AvgIpc) is 4.20. The summed E-state index contributed by atoms with van der Waals surface area (Å²) in [6.45, 7) is 23.0. The summed E-state index contributed by atoms with van der Waals surface area (Å²) in [5.74, 6) is 4.90. The third-order valence-electron chi connectivity index (χ3n) is 12.6. The lowest BCUT2D eigenvalue weighted by Gasteiger charge is -2.28. The monoisotopic (exact) mass is 1230 g/mol. The molecule has 448 valence electrons. The number of nitrogens with two attached hydrogens (primary N) is 2. The molecule has 0 aliphatic heterocycles. The van der Waals surface area contributed by atoms with Gasteiger partial charge in [0.25, 0.3) is 0 Å². The fourth-order valence-corrected chi connectivity index (χ4v) is 13.0. The highest BCUT2D eigenvalue weighted by atomic mass is 35.5. The van der Waals surface area contributed by atoms with Gasteiger partial charge in [-0.3, -0.25) is 9.13 Å². The highest BCUT2D eigenvalue weighted by molar-refractivity contribution is 7.93. The molecule has 4 aromatic heterocycles. The minimum absolute atomic E-state index is 0. The van der Waals surface area contributed by atoms with Crippen LogP contribution in [0, 0.1) is 13.8 Å². The standard InChI is InChI=1S/2C26H42N6O5SSi.2ClH/c2*1-19(13-14-27)28-15-17-38(33,34)31(16-18-39(5,6)7)26-30-29-25(23-12-11-20(2)37-23)32(26)24-21(35-3)9-8-10-22(24)36-4;;/h2*8-12,19,28H,13-18,27H2,1-7H3;2*1H/t2*19-;;/m10../s1. The number of anilines is 2. The number of aryl methyl sites for hydroxylation is 2. The quantitative estimate of drug-likeness (QED) is 0.0310. The number of halogens is 2. The van der Waals surface area contributed by atoms with E-state index >= 15 is 0 Å². The third-order valence-corrected chi connectivity index (χ3v) is 19.5. The lowest BCUT2D eigenvalue weighted by molar-refractivity contribution is 0.391. The molecule has 0 unspecified atom stereocenters. The van der Waals surface area contributed by atoms with E-state index in [-0.39, 0.29) is 86.5 Å². The summed E-state index contributed by atoms with van der Waals surface area (Å²) in [5, 5.41) is 24.2. The van der Waals surface area contributed by atoms with Crippen molar-refractivity contribution in [1.29, 1.82) is 0 Å². The van der Waals surface area contributed by atoms with Crippen LogP contribution in [0.2, 0.25) is 51.4 Å². The largest absolute Gasteiger partial charge is 0.494 e. The first kappa shape index (κ1) is 69.1. The summed E-state index contributed by atoms with van der Waals surface area (Å²) in [6, 6.07) is 19.6. The minimum Gasteiger partial charge on any atom is -0.494 e. The zero-order valence-corrected chi connectivity index (χ0v) is 54.1. The third kappa shape index (κ3) is 18.4. The van der Waals surface area contributed by atoms with Crippen molar-refractivity contribution in [2.45, 2.75) is 104 Å². The van der Waals surface area contributed by atoms with Gasteiger partial charge in [-0.25, -0.2) is 25.4 Å². The summed E-state index contributed by atoms with van der Waals surface area (Å²) in [6.07, 6.45) is 1.51. The molecule has 6 rings (SSSR count). The van der Waals surface area contributed by atoms with Crippen molar-refractivity contribution >= 4 is 72.9 Å². The number of furan rings is 2. The summed E-state index contributed by atoms with van der Waals surface area (Å²) in [7, 11) is -4.71. The second-order valence-electron chi connectivity index (χ2n) is 21.4. The topological polar surface area (TPSA) is 275 Å². The predicted octanol–water partition coefficient (Wildman–Crippen LogP) is 8.15. The molecule has 0 amide bonds. The number of hydrogen-bond acceptors (Lipinski definition) is 18. The van der Waals surface area contributed by atoms with Crippen LogP contribution in [0.1, 0.15) is 38.2 Å². The van der Waals surface area contributed by atoms with Crippen LogP contribution in [-0.2, 0) is 20.0 Å². The second kappa shape index (κ2) is 30.8. The zero-order chi connectivity index (χ0) is 57.6. The van der Waals surface area contributed by atoms with Crippen molar-refractivity contribution in [3.63, 3.8) is 0 Å². The molecule has 0 aliphatic carbocycles. The number of nitrogens with zero attached hydrogens (tertiary/aromatic N) is 8. The average molecular weight is 1230 g/mol. The van der Waals surface area contributed by atoms with Gasteiger partial charge in [0.15, 0.2) is 11.5 Å². The van der Waals surface area contributed by atoms with Crippen molar-refractivity contribution in [1.82, 2.24) is 40.2 Å². The number of hydrogen-bond donors (Lipinski definition) is 4. The van der Waals surface area contributed by atoms with Crippen LogP contribution >= 0.6 is 24.8 Å². The second-order valence-corrected chi connectivity index (χ2v) is 36.7. The van der Waals surface area contributed by atoms with Gasteiger partial charge < -0.3 is 49.9 Å². The molecule has 80 heavy (non-hydrogen) atoms. The van der Waals surface area contributed by atoms with Crippen LogP contribution in [0.4, 0.5) is 11.9 Å². The molecule has 22 nitrogen and oxygen atoms in total. The molecule has 4 heterocycles. The van der Waals surface area contributed by atoms with Crippen LogP contribution in [0.5, 0.6) is 23.0 Å². The van der Waals surface area contributed by atoms with E-state index in [1.165, 1.54) is 8.61 Å². The number of benzene rings is 2. The summed E-state index contributed by atoms with van der Waals surface area (Å²) < 4.78 is 96.4. The Labute approximate surface area is 488 Å². The molecule has 28 heteroatoms. The first-order chi connectivity index (χ1) is 36.8. The SMILES string of the molecule is COc1cccc(OC)c1-n1c(-c2ccc(C)o2)nnc1N(CC[Si](C)(C)C)S(=O)(=O)CCN[C@@H](C)CCN.COc1cccc(OC)c1-n1c(-c2ccc(C)o2)nnc1N(CC[Si](C)(C)C)S(=O)(=O)CCN[C@H](C)CCN.Cl.Cl. The molecule has 6 N–H and O–H groups in total. The van der Waals surface area contributed by atoms with Gasteiger partial charge in [0.2, 0.25) is 43.6 Å². The first-order valence-electron chi connectivity index (χ1n) is 26.2. The smallest absolute Gasteiger partial charge is 0.246 e. The molecule has 0 saturated carbocycles. The fraction of sp³-hybridized carbons (Fsp3) is 0.538. The summed E-state index contributed by atoms with van der Waals surface area (Å²) in [5.41, 5.74) is 12.3. The molecule has 0 radical (unpaired) electrons. The lowest BCUT2D eigenvalue weighted by atomic mass is 10.2. The van der Waals surface area contributed by atoms with Crippen LogP contribution in [0.3, 0.4) is 0 Å². The van der Waals surface area contributed by atoms with E-state index in [4.69, 9.17) is 39.2 Å². The van der Waals surface area contributed by atoms with Gasteiger partial charge in [-0.05, 0) is 114 Å². The van der Waals surface area contributed by atoms with Gasteiger partial charge in [-0.1, -0.05) is 51.4 Å². The van der Waals surface area contributed by atoms with Crippen LogP contribution in [0.25, 0.3) is 34.5 Å². The van der Waals surface area contributed by atoms with E-state index in [1.54, 1.807) is 86.1 Å². The Morgan fingerprint density at radius 2 is 0.887 bits per heavy atom. The maximum Gasteiger partial charge on any atom is 0.246 e. The highest BCUT2D eigenvalue weighted by Gasteiger charge is 2.36. The van der Waals surface area contributed by atoms with Crippen molar-refractivity contribution in [3.05, 3.63) is 72.2 Å². The Hall–Kier alpha value is -5.17. The molecular weight excluding hydrogens is 1140 g/mol. The predicted molar refractivity (Wildman–Crippen MR) is 329 cm³/mol. The van der Waals surface area contributed by atoms with Crippen LogP contribution < -0.4 is 49.7 Å². The van der Waals surface area contributed by atoms with Gasteiger partial charge in [-0.2, -0.15) is 0 Å². The Morgan fingerprint density at radius 3 is 1.15 bits per heavy atom. The van der Waals surface area contributed by atoms with Crippen molar-refractivity contribution in [2.24, 2.45) is 11.5 Å². The van der Waals surface area contributed by atoms with Gasteiger partial charge in [0.05, 0.1) is 39.9 Å². The Kier molecular flexibility index (Phi) is 26.6. The number of aromatic nitrogens is 6. The molecule has 0 aliphatic rings. The van der Waals surface area contributed by atoms with Crippen LogP contribution in [0.15, 0.2) is 69.5 Å². The summed E-state index contributed by atoms with van der Waals surface area (Å²) in [4.78, 5) is 0. The Bertz CT molecular complexity index is 2840. The lowest BCUT2D eigenvalue weighted by Crippen LogP contribution is -2.42.